The van der Waals surface area contributed by atoms with Crippen molar-refractivity contribution in [2.45, 2.75) is 38.6 Å². The summed E-state index contributed by atoms with van der Waals surface area (Å²) in [7, 11) is 0. The van der Waals surface area contributed by atoms with Gasteiger partial charge in [-0.1, -0.05) is 37.6 Å². The lowest BCUT2D eigenvalue weighted by atomic mass is 10.0. The highest BCUT2D eigenvalue weighted by Gasteiger charge is 2.08. The van der Waals surface area contributed by atoms with Gasteiger partial charge < -0.3 is 10.8 Å². The van der Waals surface area contributed by atoms with Gasteiger partial charge in [0.25, 0.3) is 0 Å². The minimum absolute atomic E-state index is 0.0245. The lowest BCUT2D eigenvalue weighted by Crippen LogP contribution is -2.26. The van der Waals surface area contributed by atoms with Crippen molar-refractivity contribution in [3.63, 3.8) is 0 Å². The molecule has 0 aliphatic rings. The molecule has 0 amide bonds. The van der Waals surface area contributed by atoms with Gasteiger partial charge in [0.15, 0.2) is 0 Å². The monoisotopic (exact) mass is 221 g/mol. The molecule has 3 heteroatoms. The normalized spacial score (nSPS) is 12.4. The highest BCUT2D eigenvalue weighted by Crippen LogP contribution is 2.09. The van der Waals surface area contributed by atoms with E-state index in [4.69, 9.17) is 10.8 Å². The van der Waals surface area contributed by atoms with Crippen LogP contribution >= 0.6 is 0 Å². The smallest absolute Gasteiger partial charge is 0.304 e. The Balaban J connectivity index is 2.51. The van der Waals surface area contributed by atoms with Crippen LogP contribution in [-0.2, 0) is 17.6 Å². The Kier molecular flexibility index (Phi) is 4.99. The molecule has 0 aliphatic heterocycles. The molecule has 1 rings (SSSR count). The topological polar surface area (TPSA) is 63.3 Å². The summed E-state index contributed by atoms with van der Waals surface area (Å²) in [6.07, 6.45) is 2.87. The van der Waals surface area contributed by atoms with Crippen molar-refractivity contribution >= 4 is 5.97 Å². The summed E-state index contributed by atoms with van der Waals surface area (Å²) in [4.78, 5) is 10.5. The van der Waals surface area contributed by atoms with Crippen LogP contribution in [0.2, 0.25) is 0 Å². The Morgan fingerprint density at radius 3 is 2.38 bits per heavy atom. The van der Waals surface area contributed by atoms with Gasteiger partial charge in [-0.25, -0.2) is 0 Å². The molecule has 0 fully saturated rings. The van der Waals surface area contributed by atoms with Gasteiger partial charge in [-0.05, 0) is 24.0 Å². The van der Waals surface area contributed by atoms with Crippen LogP contribution < -0.4 is 5.73 Å². The molecule has 0 unspecified atom stereocenters. The maximum absolute atomic E-state index is 10.5. The molecule has 0 saturated heterocycles. The van der Waals surface area contributed by atoms with E-state index in [9.17, 15) is 4.79 Å². The van der Waals surface area contributed by atoms with Gasteiger partial charge in [-0.15, -0.1) is 0 Å². The summed E-state index contributed by atoms with van der Waals surface area (Å²) in [5.74, 6) is -0.838. The summed E-state index contributed by atoms with van der Waals surface area (Å²) in [5.41, 5.74) is 8.15. The van der Waals surface area contributed by atoms with Crippen molar-refractivity contribution in [1.82, 2.24) is 0 Å². The molecule has 0 saturated carbocycles. The third kappa shape index (κ3) is 4.45. The van der Waals surface area contributed by atoms with Gasteiger partial charge in [0.2, 0.25) is 0 Å². The van der Waals surface area contributed by atoms with Crippen LogP contribution in [0.5, 0.6) is 0 Å². The molecule has 16 heavy (non-hydrogen) atoms. The number of carboxylic acid groups (broad SMARTS) is 1. The van der Waals surface area contributed by atoms with Gasteiger partial charge in [-0.2, -0.15) is 0 Å². The van der Waals surface area contributed by atoms with Crippen LogP contribution in [0.1, 0.15) is 30.9 Å². The van der Waals surface area contributed by atoms with Crippen molar-refractivity contribution in [3.8, 4) is 0 Å². The Labute approximate surface area is 96.3 Å². The largest absolute Gasteiger partial charge is 0.481 e. The van der Waals surface area contributed by atoms with Crippen molar-refractivity contribution < 1.29 is 9.90 Å². The second-order valence-corrected chi connectivity index (χ2v) is 4.13. The van der Waals surface area contributed by atoms with Crippen molar-refractivity contribution in [2.75, 3.05) is 0 Å². The number of hydrogen-bond donors (Lipinski definition) is 2. The lowest BCUT2D eigenvalue weighted by Gasteiger charge is -2.09. The van der Waals surface area contributed by atoms with E-state index in [1.54, 1.807) is 0 Å². The molecular formula is C13H19NO2. The van der Waals surface area contributed by atoms with Crippen molar-refractivity contribution in [2.24, 2.45) is 5.73 Å². The maximum atomic E-state index is 10.5. The maximum Gasteiger partial charge on any atom is 0.304 e. The number of hydrogen-bond acceptors (Lipinski definition) is 2. The van der Waals surface area contributed by atoms with E-state index in [-0.39, 0.29) is 12.5 Å². The van der Waals surface area contributed by atoms with Gasteiger partial charge in [0.05, 0.1) is 6.42 Å². The molecule has 3 N–H and O–H groups in total. The SMILES string of the molecule is CCCc1ccc(C[C@H](N)CC(=O)O)cc1. The van der Waals surface area contributed by atoms with Gasteiger partial charge in [-0.3, -0.25) is 4.79 Å². The molecule has 0 bridgehead atoms. The Morgan fingerprint density at radius 1 is 1.31 bits per heavy atom. The summed E-state index contributed by atoms with van der Waals surface area (Å²) in [5, 5.41) is 8.60. The lowest BCUT2D eigenvalue weighted by molar-refractivity contribution is -0.137. The van der Waals surface area contributed by atoms with E-state index in [1.165, 1.54) is 5.56 Å². The van der Waals surface area contributed by atoms with E-state index in [1.807, 2.05) is 12.1 Å². The molecule has 1 aromatic carbocycles. The summed E-state index contributed by atoms with van der Waals surface area (Å²) in [6, 6.07) is 7.95. The number of carboxylic acids is 1. The molecule has 3 nitrogen and oxygen atoms in total. The van der Waals surface area contributed by atoms with Gasteiger partial charge >= 0.3 is 5.97 Å². The molecule has 1 aromatic rings. The fraction of sp³-hybridized carbons (Fsp3) is 0.462. The van der Waals surface area contributed by atoms with E-state index in [2.05, 4.69) is 19.1 Å². The Bertz CT molecular complexity index is 332. The van der Waals surface area contributed by atoms with E-state index >= 15 is 0 Å². The van der Waals surface area contributed by atoms with Crippen LogP contribution in [-0.4, -0.2) is 17.1 Å². The molecule has 0 heterocycles. The number of benzene rings is 1. The number of aliphatic carboxylic acids is 1. The zero-order valence-electron chi connectivity index (χ0n) is 9.65. The standard InChI is InChI=1S/C13H19NO2/c1-2-3-10-4-6-11(7-5-10)8-12(14)9-13(15)16/h4-7,12H,2-3,8-9,14H2,1H3,(H,15,16)/t12-/m0/s1. The van der Waals surface area contributed by atoms with Crippen LogP contribution in [0.4, 0.5) is 0 Å². The number of nitrogens with two attached hydrogens (primary N) is 1. The molecule has 0 aromatic heterocycles. The van der Waals surface area contributed by atoms with Crippen LogP contribution in [0, 0.1) is 0 Å². The van der Waals surface area contributed by atoms with E-state index in [0.717, 1.165) is 18.4 Å². The average Bonchev–Trinajstić information content (AvgIpc) is 2.20. The Hall–Kier alpha value is -1.35. The third-order valence-electron chi connectivity index (χ3n) is 2.50. The number of rotatable bonds is 6. The highest BCUT2D eigenvalue weighted by molar-refractivity contribution is 5.67. The first-order valence-electron chi connectivity index (χ1n) is 5.67. The third-order valence-corrected chi connectivity index (χ3v) is 2.50. The molecule has 1 atom stereocenters. The molecule has 0 aliphatic carbocycles. The van der Waals surface area contributed by atoms with E-state index < -0.39 is 5.97 Å². The average molecular weight is 221 g/mol. The zero-order valence-corrected chi connectivity index (χ0v) is 9.65. The Morgan fingerprint density at radius 2 is 1.88 bits per heavy atom. The van der Waals surface area contributed by atoms with Crippen LogP contribution in [0.3, 0.4) is 0 Å². The molecule has 0 radical (unpaired) electrons. The van der Waals surface area contributed by atoms with Crippen LogP contribution in [0.25, 0.3) is 0 Å². The first-order chi connectivity index (χ1) is 7.61. The van der Waals surface area contributed by atoms with Crippen molar-refractivity contribution in [3.05, 3.63) is 35.4 Å². The van der Waals surface area contributed by atoms with Crippen molar-refractivity contribution in [1.29, 1.82) is 0 Å². The minimum atomic E-state index is -0.838. The zero-order chi connectivity index (χ0) is 12.0. The predicted octanol–water partition coefficient (Wildman–Crippen LogP) is 1.98. The molecule has 88 valence electrons. The number of carbonyl (C=O) groups is 1. The minimum Gasteiger partial charge on any atom is -0.481 e. The number of aryl methyl sites for hydroxylation is 1. The van der Waals surface area contributed by atoms with Crippen LogP contribution in [0.15, 0.2) is 24.3 Å². The molecular weight excluding hydrogens is 202 g/mol. The van der Waals surface area contributed by atoms with Gasteiger partial charge in [0, 0.05) is 6.04 Å². The first kappa shape index (κ1) is 12.7. The highest BCUT2D eigenvalue weighted by atomic mass is 16.4. The first-order valence-corrected chi connectivity index (χ1v) is 5.67. The second kappa shape index (κ2) is 6.28. The van der Waals surface area contributed by atoms with Gasteiger partial charge in [0.1, 0.15) is 0 Å². The summed E-state index contributed by atoms with van der Waals surface area (Å²) < 4.78 is 0. The van der Waals surface area contributed by atoms with E-state index in [0.29, 0.717) is 6.42 Å². The summed E-state index contributed by atoms with van der Waals surface area (Å²) in [6.45, 7) is 2.15. The quantitative estimate of drug-likeness (QED) is 0.772. The summed E-state index contributed by atoms with van der Waals surface area (Å²) >= 11 is 0. The fourth-order valence-corrected chi connectivity index (χ4v) is 1.73. The fourth-order valence-electron chi connectivity index (χ4n) is 1.73. The predicted molar refractivity (Wildman–Crippen MR) is 64.4 cm³/mol. The second-order valence-electron chi connectivity index (χ2n) is 4.13. The molecule has 0 spiro atoms.